The van der Waals surface area contributed by atoms with Gasteiger partial charge in [0.05, 0.1) is 0 Å². The van der Waals surface area contributed by atoms with Gasteiger partial charge in [0.25, 0.3) is 0 Å². The van der Waals surface area contributed by atoms with Gasteiger partial charge in [0.15, 0.2) is 0 Å². The standard InChI is InChI=1S/C10H19N.3C10H21N.3C9H19N.5C8H17N.3C7H15N/c1-7(2)8-3-10(4-8)5-9(11)6-10;3*1-8(2)9-4-6-10(11-3)7-5-9;3*1-7(2)8-3-5-9(10)6-4-8;5*1-6(2)7-3-4-8(9)5-7;3*1-5(2)6-3-7(8)4-6/h7-9H,3-6,11H2,1-2H3;3*8-11H,4-7H2,1-3H3;3*7-9H,3-6,10H2,1-2H3;5*6-8H,3-5,9H2,1-2H3;3*5-7H,3-4,8H2,1-2H3/t;;;;;;;2*7-,8+;2*7-,8-;;;;/m.......1010..../s1. The Morgan fingerprint density at radius 3 is 0.357 bits per heavy atom. The molecule has 10 atom stereocenters. The van der Waals surface area contributed by atoms with Gasteiger partial charge < -0.3 is 84.8 Å². The molecule has 16 rings (SSSR count). The minimum Gasteiger partial charge on any atom is -0.328 e. The van der Waals surface area contributed by atoms with Crippen LogP contribution in [0, 0.1) is 183 Å². The van der Waals surface area contributed by atoms with Crippen LogP contribution in [0.2, 0.25) is 0 Å². The summed E-state index contributed by atoms with van der Waals surface area (Å²) >= 11 is 0. The Labute approximate surface area is 896 Å². The quantitative estimate of drug-likeness (QED) is 0.0606. The summed E-state index contributed by atoms with van der Waals surface area (Å²) < 4.78 is 0. The van der Waals surface area contributed by atoms with E-state index in [-0.39, 0.29) is 0 Å². The van der Waals surface area contributed by atoms with Gasteiger partial charge in [-0.15, -0.1) is 0 Å². The fraction of sp³-hybridized carbons (Fsp3) is 1.00. The normalized spacial score (nSPS) is 36.3. The molecule has 16 aliphatic rings. The largest absolute Gasteiger partial charge is 0.328 e. The van der Waals surface area contributed by atoms with Crippen LogP contribution >= 0.6 is 0 Å². The van der Waals surface area contributed by atoms with Gasteiger partial charge in [-0.25, -0.2) is 0 Å². The maximum atomic E-state index is 5.80. The summed E-state index contributed by atoms with van der Waals surface area (Å²) in [5, 5.41) is 10.1. The lowest BCUT2D eigenvalue weighted by atomic mass is 9.48. The zero-order valence-electron chi connectivity index (χ0n) is 103. The minimum atomic E-state index is 0.509. The SMILES string of the molecule is CC(C)C1CC(N)C1.CC(C)C1CC(N)C1.CC(C)C1CC(N)C1.CC(C)C1CC2(CC(N)C2)C1.CC(C)C1CCC(N)C1.CC(C)C1CCC(N)CC1.CC(C)C1CCC(N)CC1.CC(C)C1CCC(N)CC1.CC(C)[C@@H]1CC[C@@H](N)C1.CC(C)[C@@H]1CC[C@H](N)C1.CC(C)[C@H]1CC[C@@H](N)C1.CC(C)[C@H]1CC[C@H](N)C1.CNC1CCC(C(C)C)CC1.CNC1CCC(C(C)C)CC1.CNC1CCC(C(C)C)CC1. The van der Waals surface area contributed by atoms with Gasteiger partial charge in [-0.2, -0.15) is 0 Å². The first kappa shape index (κ1) is 138. The molecule has 0 aromatic heterocycles. The summed E-state index contributed by atoms with van der Waals surface area (Å²) in [4.78, 5) is 0. The van der Waals surface area contributed by atoms with Crippen LogP contribution in [-0.4, -0.2) is 112 Å². The molecular weight excluding hydrogens is 1750 g/mol. The van der Waals surface area contributed by atoms with E-state index in [2.05, 4.69) is 245 Å². The van der Waals surface area contributed by atoms with Gasteiger partial charge in [0.2, 0.25) is 0 Å². The summed E-state index contributed by atoms with van der Waals surface area (Å²) in [6.45, 7) is 69.3. The van der Waals surface area contributed by atoms with E-state index in [9.17, 15) is 0 Å². The highest BCUT2D eigenvalue weighted by Crippen LogP contribution is 2.60. The molecule has 2 unspecified atom stereocenters. The van der Waals surface area contributed by atoms with Crippen molar-refractivity contribution in [1.82, 2.24) is 16.0 Å². The highest BCUT2D eigenvalue weighted by Gasteiger charge is 2.52. The Balaban J connectivity index is 0.000000518. The summed E-state index contributed by atoms with van der Waals surface area (Å²) in [6.07, 6.45) is 65.1. The number of nitrogens with two attached hydrogens (primary N) is 12. The molecule has 0 aromatic rings. The van der Waals surface area contributed by atoms with Crippen molar-refractivity contribution in [2.75, 3.05) is 21.1 Å². The molecule has 0 aromatic carbocycles. The first-order valence-corrected chi connectivity index (χ1v) is 63.1. The van der Waals surface area contributed by atoms with Crippen molar-refractivity contribution in [2.24, 2.45) is 252 Å². The molecule has 1 spiro atoms. The lowest BCUT2D eigenvalue weighted by molar-refractivity contribution is -0.0562. The van der Waals surface area contributed by atoms with Crippen molar-refractivity contribution in [3.8, 4) is 0 Å². The number of rotatable bonds is 18. The monoisotopic (exact) mass is 2020 g/mol. The lowest BCUT2D eigenvalue weighted by Crippen LogP contribution is -2.54. The van der Waals surface area contributed by atoms with E-state index in [1.165, 1.54) is 315 Å². The van der Waals surface area contributed by atoms with Gasteiger partial charge in [0, 0.05) is 90.6 Å². The van der Waals surface area contributed by atoms with Crippen molar-refractivity contribution in [3.63, 3.8) is 0 Å². The maximum absolute atomic E-state index is 5.80. The molecular formula is C128H269N15. The average Bonchev–Trinajstić information content (AvgIpc) is 1.29. The third kappa shape index (κ3) is 59.8. The fourth-order valence-corrected chi connectivity index (χ4v) is 26.6. The van der Waals surface area contributed by atoms with Crippen LogP contribution in [-0.2, 0) is 0 Å². The molecule has 16 saturated carbocycles. The number of hydrogen-bond donors (Lipinski definition) is 15. The molecule has 16 fully saturated rings. The predicted molar refractivity (Wildman–Crippen MR) is 638 cm³/mol. The zero-order valence-corrected chi connectivity index (χ0v) is 103. The van der Waals surface area contributed by atoms with E-state index in [1.54, 1.807) is 0 Å². The lowest BCUT2D eigenvalue weighted by Gasteiger charge is -2.58. The molecule has 0 heterocycles. The Morgan fingerprint density at radius 1 is 0.133 bits per heavy atom. The topological polar surface area (TPSA) is 348 Å². The molecule has 0 radical (unpaired) electrons. The summed E-state index contributed by atoms with van der Waals surface area (Å²) in [6, 6.07) is 8.65. The second kappa shape index (κ2) is 75.3. The van der Waals surface area contributed by atoms with Gasteiger partial charge in [-0.05, 0) is 519 Å². The Bertz CT molecular complexity index is 2570. The Kier molecular flexibility index (Phi) is 72.9. The Hall–Kier alpha value is -0.600. The van der Waals surface area contributed by atoms with Crippen LogP contribution in [0.1, 0.15) is 522 Å². The summed E-state index contributed by atoms with van der Waals surface area (Å²) in [5.74, 6) is 27.3. The molecule has 0 aliphatic heterocycles. The maximum Gasteiger partial charge on any atom is 0.00642 e. The van der Waals surface area contributed by atoms with Gasteiger partial charge in [-0.3, -0.25) is 0 Å². The Morgan fingerprint density at radius 2 is 0.259 bits per heavy atom. The van der Waals surface area contributed by atoms with Crippen molar-refractivity contribution in [2.45, 2.75) is 613 Å². The van der Waals surface area contributed by atoms with Crippen LogP contribution in [0.4, 0.5) is 0 Å². The van der Waals surface area contributed by atoms with Crippen molar-refractivity contribution in [3.05, 3.63) is 0 Å². The molecule has 0 amide bonds. The van der Waals surface area contributed by atoms with Crippen molar-refractivity contribution in [1.29, 1.82) is 0 Å². The van der Waals surface area contributed by atoms with E-state index in [0.29, 0.717) is 72.5 Å². The van der Waals surface area contributed by atoms with Crippen molar-refractivity contribution < 1.29 is 0 Å². The van der Waals surface area contributed by atoms with E-state index < -0.39 is 0 Å². The highest BCUT2D eigenvalue weighted by molar-refractivity contribution is 5.05. The van der Waals surface area contributed by atoms with Crippen LogP contribution < -0.4 is 84.8 Å². The van der Waals surface area contributed by atoms with E-state index >= 15 is 0 Å². The van der Waals surface area contributed by atoms with Crippen LogP contribution in [0.5, 0.6) is 0 Å². The molecule has 27 N–H and O–H groups in total. The van der Waals surface area contributed by atoms with E-state index in [1.807, 2.05) is 0 Å². The first-order chi connectivity index (χ1) is 67.0. The zero-order chi connectivity index (χ0) is 108. The second-order valence-electron chi connectivity index (χ2n) is 56.9. The third-order valence-electron chi connectivity index (χ3n) is 40.1. The van der Waals surface area contributed by atoms with Gasteiger partial charge in [-0.1, -0.05) is 208 Å². The third-order valence-corrected chi connectivity index (χ3v) is 40.1. The van der Waals surface area contributed by atoms with Crippen LogP contribution in [0.25, 0.3) is 0 Å². The summed E-state index contributed by atoms with van der Waals surface area (Å²) in [5.41, 5.74) is 69.6. The minimum absolute atomic E-state index is 0.509. The molecule has 15 heteroatoms. The van der Waals surface area contributed by atoms with Gasteiger partial charge >= 0.3 is 0 Å². The second-order valence-corrected chi connectivity index (χ2v) is 56.9. The van der Waals surface area contributed by atoms with Crippen LogP contribution in [0.3, 0.4) is 0 Å². The molecule has 15 nitrogen and oxygen atoms in total. The van der Waals surface area contributed by atoms with Gasteiger partial charge in [0.1, 0.15) is 0 Å². The molecule has 0 saturated heterocycles. The predicted octanol–water partition coefficient (Wildman–Crippen LogP) is 28.9. The van der Waals surface area contributed by atoms with Crippen LogP contribution in [0.15, 0.2) is 0 Å². The fourth-order valence-electron chi connectivity index (χ4n) is 26.6. The smallest absolute Gasteiger partial charge is 0.00642 e. The first-order valence-electron chi connectivity index (χ1n) is 63.1. The number of hydrogen-bond acceptors (Lipinski definition) is 15. The van der Waals surface area contributed by atoms with E-state index in [0.717, 1.165) is 201 Å². The molecule has 143 heavy (non-hydrogen) atoms. The molecule has 0 bridgehead atoms. The molecule has 16 aliphatic carbocycles. The molecule has 856 valence electrons. The van der Waals surface area contributed by atoms with Crippen molar-refractivity contribution >= 4 is 0 Å². The average molecular weight is 2020 g/mol. The van der Waals surface area contributed by atoms with E-state index in [4.69, 9.17) is 68.8 Å². The summed E-state index contributed by atoms with van der Waals surface area (Å²) in [7, 11) is 6.25. The highest BCUT2D eigenvalue weighted by atomic mass is 14.9. The number of nitrogens with one attached hydrogen (secondary N) is 3.